The number of nitrogens with one attached hydrogen (secondary N) is 7. The molecule has 17 heteroatoms. The van der Waals surface area contributed by atoms with Gasteiger partial charge in [0.1, 0.15) is 42.3 Å². The van der Waals surface area contributed by atoms with Gasteiger partial charge in [0.2, 0.25) is 47.3 Å². The van der Waals surface area contributed by atoms with Crippen LogP contribution >= 0.6 is 11.8 Å². The van der Waals surface area contributed by atoms with E-state index in [1.165, 1.54) is 23.6 Å². The highest BCUT2D eigenvalue weighted by atomic mass is 32.2. The molecule has 0 aromatic rings. The monoisotopic (exact) mass is 808 g/mol. The van der Waals surface area contributed by atoms with Crippen LogP contribution in [0, 0.1) is 23.7 Å². The molecule has 0 aromatic heterocycles. The minimum Gasteiger partial charge on any atom is -0.345 e. The van der Waals surface area contributed by atoms with Gasteiger partial charge >= 0.3 is 0 Å². The van der Waals surface area contributed by atoms with Crippen LogP contribution in [-0.4, -0.2) is 120 Å². The fraction of sp³-hybridized carbons (Fsp3) is 0.795. The molecule has 7 N–H and O–H groups in total. The van der Waals surface area contributed by atoms with Crippen LogP contribution < -0.4 is 37.2 Å². The molecule has 2 saturated heterocycles. The predicted molar refractivity (Wildman–Crippen MR) is 216 cm³/mol. The minimum atomic E-state index is -1.11. The summed E-state index contributed by atoms with van der Waals surface area (Å²) in [5.41, 5.74) is 0. The van der Waals surface area contributed by atoms with Crippen LogP contribution in [0.2, 0.25) is 0 Å². The van der Waals surface area contributed by atoms with Crippen molar-refractivity contribution in [3.63, 3.8) is 0 Å². The molecule has 2 aliphatic rings. The second-order valence-electron chi connectivity index (χ2n) is 15.8. The number of thioether (sulfide) groups is 1. The molecule has 56 heavy (non-hydrogen) atoms. The largest absolute Gasteiger partial charge is 0.345 e. The highest BCUT2D eigenvalue weighted by molar-refractivity contribution is 7.98. The quantitative estimate of drug-likeness (QED) is 0.158. The zero-order valence-corrected chi connectivity index (χ0v) is 35.9. The Morgan fingerprint density at radius 2 is 1.18 bits per heavy atom. The molecule has 16 nitrogen and oxygen atoms in total. The Labute approximate surface area is 337 Å². The molecule has 2 fully saturated rings. The number of amides is 8. The van der Waals surface area contributed by atoms with Crippen LogP contribution in [0.25, 0.3) is 0 Å². The maximum Gasteiger partial charge on any atom is 0.246 e. The molecule has 2 heterocycles. The first-order chi connectivity index (χ1) is 26.4. The molecule has 0 unspecified atom stereocenters. The van der Waals surface area contributed by atoms with Crippen molar-refractivity contribution in [3.05, 3.63) is 0 Å². The second-order valence-corrected chi connectivity index (χ2v) is 16.8. The lowest BCUT2D eigenvalue weighted by Crippen LogP contribution is -2.61. The molecule has 0 radical (unpaired) electrons. The van der Waals surface area contributed by atoms with Crippen molar-refractivity contribution in [1.29, 1.82) is 0 Å². The maximum atomic E-state index is 14.1. The average Bonchev–Trinajstić information content (AvgIpc) is 3.66. The third-order valence-corrected chi connectivity index (χ3v) is 11.6. The summed E-state index contributed by atoms with van der Waals surface area (Å²) in [6, 6.07) is -7.20. The van der Waals surface area contributed by atoms with Crippen molar-refractivity contribution in [2.24, 2.45) is 23.7 Å². The first-order valence-electron chi connectivity index (χ1n) is 20.3. The van der Waals surface area contributed by atoms with Gasteiger partial charge in [0.15, 0.2) is 0 Å². The number of hydrogen-bond acceptors (Lipinski definition) is 9. The summed E-state index contributed by atoms with van der Waals surface area (Å²) in [7, 11) is 0. The van der Waals surface area contributed by atoms with Crippen molar-refractivity contribution >= 4 is 59.0 Å². The summed E-state index contributed by atoms with van der Waals surface area (Å²) in [5, 5.41) is 19.2. The lowest BCUT2D eigenvalue weighted by atomic mass is 9.95. The third kappa shape index (κ3) is 13.9. The van der Waals surface area contributed by atoms with Crippen molar-refractivity contribution < 1.29 is 38.4 Å². The summed E-state index contributed by atoms with van der Waals surface area (Å²) >= 11 is 1.47. The Kier molecular flexibility index (Phi) is 20.1. The molecule has 8 amide bonds. The molecule has 318 valence electrons. The zero-order chi connectivity index (χ0) is 42.3. The molecule has 0 aromatic carbocycles. The lowest BCUT2D eigenvalue weighted by molar-refractivity contribution is -0.143. The van der Waals surface area contributed by atoms with E-state index < -0.39 is 96.1 Å². The van der Waals surface area contributed by atoms with E-state index in [0.717, 1.165) is 0 Å². The van der Waals surface area contributed by atoms with Crippen LogP contribution in [-0.2, 0) is 38.4 Å². The van der Waals surface area contributed by atoms with Gasteiger partial charge in [-0.15, -0.1) is 0 Å². The first kappa shape index (κ1) is 48.3. The maximum absolute atomic E-state index is 14.1. The molecule has 2 rings (SSSR count). The Morgan fingerprint density at radius 3 is 1.71 bits per heavy atom. The predicted octanol–water partition coefficient (Wildman–Crippen LogP) is 0.973. The van der Waals surface area contributed by atoms with Gasteiger partial charge in [0, 0.05) is 6.54 Å². The van der Waals surface area contributed by atoms with Crippen LogP contribution in [0.3, 0.4) is 0 Å². The van der Waals surface area contributed by atoms with E-state index in [4.69, 9.17) is 0 Å². The van der Waals surface area contributed by atoms with E-state index >= 15 is 0 Å². The molecule has 0 bridgehead atoms. The van der Waals surface area contributed by atoms with Gasteiger partial charge in [-0.1, -0.05) is 74.7 Å². The number of carbonyl (C=O) groups is 8. The summed E-state index contributed by atoms with van der Waals surface area (Å²) < 4.78 is 0. The number of fused-ring (bicyclic) bond motifs is 1. The van der Waals surface area contributed by atoms with Gasteiger partial charge in [0.05, 0.1) is 6.54 Å². The van der Waals surface area contributed by atoms with Crippen molar-refractivity contribution in [2.75, 3.05) is 25.1 Å². The van der Waals surface area contributed by atoms with Gasteiger partial charge in [-0.25, -0.2) is 0 Å². The molecule has 10 atom stereocenters. The van der Waals surface area contributed by atoms with E-state index in [9.17, 15) is 38.4 Å². The second kappa shape index (κ2) is 23.4. The van der Waals surface area contributed by atoms with E-state index in [2.05, 4.69) is 37.2 Å². The minimum absolute atomic E-state index is 0.0367. The van der Waals surface area contributed by atoms with Gasteiger partial charge in [-0.05, 0) is 68.3 Å². The highest BCUT2D eigenvalue weighted by Crippen LogP contribution is 2.23. The molecular formula is C39H68N8O8S. The average molecular weight is 809 g/mol. The zero-order valence-electron chi connectivity index (χ0n) is 35.0. The Balaban J connectivity index is 2.60. The summed E-state index contributed by atoms with van der Waals surface area (Å²) in [5.74, 6) is -5.16. The van der Waals surface area contributed by atoms with Gasteiger partial charge < -0.3 is 42.1 Å². The number of rotatable bonds is 11. The van der Waals surface area contributed by atoms with E-state index in [1.54, 1.807) is 6.92 Å². The third-order valence-electron chi connectivity index (χ3n) is 11.0. The summed E-state index contributed by atoms with van der Waals surface area (Å²) in [6.45, 7) is 16.1. The number of carbonyl (C=O) groups excluding carboxylic acids is 8. The molecule has 0 aliphatic carbocycles. The Bertz CT molecular complexity index is 1400. The Hall–Kier alpha value is -3.89. The van der Waals surface area contributed by atoms with E-state index in [-0.39, 0.29) is 43.1 Å². The first-order valence-corrected chi connectivity index (χ1v) is 21.7. The fourth-order valence-corrected chi connectivity index (χ4v) is 7.19. The van der Waals surface area contributed by atoms with E-state index in [0.29, 0.717) is 37.9 Å². The smallest absolute Gasteiger partial charge is 0.246 e. The van der Waals surface area contributed by atoms with E-state index in [1.807, 2.05) is 54.7 Å². The summed E-state index contributed by atoms with van der Waals surface area (Å²) in [4.78, 5) is 111. The van der Waals surface area contributed by atoms with Crippen molar-refractivity contribution in [2.45, 2.75) is 150 Å². The topological polar surface area (TPSA) is 224 Å². The fourth-order valence-electron chi connectivity index (χ4n) is 6.72. The molecular weight excluding hydrogens is 741 g/mol. The van der Waals surface area contributed by atoms with Crippen LogP contribution in [0.1, 0.15) is 107 Å². The standard InChI is InChI=1S/C39H68N8O8S/c1-11-22(6)30-37(53)42-26(16-18-56-10)34(50)40-20-29(48)44-32(24(8)13-3)39(55)47-17-14-15-28(47)36(52)46-31(23(7)12-2)38(54)43-27(19-21(4)5)35(51)41-25(9)33(49)45-30/h21-28,30-32H,11-20H2,1-10H3,(H,40,50)(H,41,51)(H,42,53)(H,43,54)(H,44,48)(H,45,49)(H,46,52)/t22-,23-,24-,25-,26-,27-,28-,30-,31-,32-/m0/s1. The number of hydrogen-bond donors (Lipinski definition) is 7. The highest BCUT2D eigenvalue weighted by Gasteiger charge is 2.41. The lowest BCUT2D eigenvalue weighted by Gasteiger charge is -2.33. The molecule has 2 aliphatic heterocycles. The SMILES string of the molecule is CC[C@H](C)[C@@H]1NC(=O)[C@H](C)NC(=O)[C@H](CC(C)C)NC(=O)[C@H]([C@@H](C)CC)NC(=O)[C@@H]2CCCN2C(=O)[C@H]([C@@H](C)CC)NC(=O)CNC(=O)[C@H](CCSC)NC1=O. The van der Waals surface area contributed by atoms with Crippen LogP contribution in [0.15, 0.2) is 0 Å². The summed E-state index contributed by atoms with van der Waals surface area (Å²) in [6.07, 6.45) is 4.77. The van der Waals surface area contributed by atoms with Gasteiger partial charge in [-0.3, -0.25) is 38.4 Å². The van der Waals surface area contributed by atoms with Crippen molar-refractivity contribution in [3.8, 4) is 0 Å². The van der Waals surface area contributed by atoms with Crippen LogP contribution in [0.5, 0.6) is 0 Å². The molecule has 0 spiro atoms. The normalized spacial score (nSPS) is 28.7. The molecule has 0 saturated carbocycles. The Morgan fingerprint density at radius 1 is 0.643 bits per heavy atom. The van der Waals surface area contributed by atoms with Crippen LogP contribution in [0.4, 0.5) is 0 Å². The van der Waals surface area contributed by atoms with Gasteiger partial charge in [0.25, 0.3) is 0 Å². The number of nitrogens with zero attached hydrogens (tertiary/aromatic N) is 1. The van der Waals surface area contributed by atoms with Crippen molar-refractivity contribution in [1.82, 2.24) is 42.1 Å². The van der Waals surface area contributed by atoms with Gasteiger partial charge in [-0.2, -0.15) is 11.8 Å².